The summed E-state index contributed by atoms with van der Waals surface area (Å²) in [6.45, 7) is 0. The first-order valence-electron chi connectivity index (χ1n) is 6.48. The highest BCUT2D eigenvalue weighted by Crippen LogP contribution is 2.57. The summed E-state index contributed by atoms with van der Waals surface area (Å²) in [5.41, 5.74) is -2.83. The fourth-order valence-electron chi connectivity index (χ4n) is 2.30. The highest BCUT2D eigenvalue weighted by Gasteiger charge is 2.69. The topological polar surface area (TPSA) is 39.2 Å². The second-order valence-electron chi connectivity index (χ2n) is 4.96. The van der Waals surface area contributed by atoms with E-state index in [1.807, 2.05) is 0 Å². The molecule has 0 fully saturated rings. The van der Waals surface area contributed by atoms with E-state index in [-0.39, 0.29) is 5.75 Å². The Morgan fingerprint density at radius 2 is 1.80 bits per heavy atom. The summed E-state index contributed by atoms with van der Waals surface area (Å²) in [6, 6.07) is 1.80. The number of nitrogens with zero attached hydrogens (tertiary/aromatic N) is 1. The van der Waals surface area contributed by atoms with Crippen LogP contribution in [0.25, 0.3) is 0 Å². The maximum Gasteiger partial charge on any atom is 0.391 e. The van der Waals surface area contributed by atoms with Gasteiger partial charge in [-0.1, -0.05) is 0 Å². The molecule has 0 spiro atoms. The van der Waals surface area contributed by atoms with Gasteiger partial charge >= 0.3 is 11.2 Å². The zero-order valence-corrected chi connectivity index (χ0v) is 12.6. The summed E-state index contributed by atoms with van der Waals surface area (Å²) in [6.07, 6.45) is -1.81. The van der Waals surface area contributed by atoms with Crippen LogP contribution in [0.1, 0.15) is 17.6 Å². The van der Waals surface area contributed by atoms with Gasteiger partial charge in [0.15, 0.2) is 0 Å². The molecule has 0 aliphatic carbocycles. The molecule has 1 aliphatic rings. The number of alkyl halides is 6. The first-order valence-corrected chi connectivity index (χ1v) is 7.63. The summed E-state index contributed by atoms with van der Waals surface area (Å²) in [7, 11) is -3.72. The average molecular weight is 385 g/mol. The molecule has 0 saturated heterocycles. The number of ether oxygens (including phenoxy) is 1. The van der Waals surface area contributed by atoms with Crippen LogP contribution in [0.2, 0.25) is 0 Å². The maximum atomic E-state index is 13.7. The van der Waals surface area contributed by atoms with Gasteiger partial charge in [-0.25, -0.2) is 17.4 Å². The standard InChI is InChI=1S/C14H6F7NO2S/c15-6-3-7(5-22-4-6)24-9-2-1-8-11(10(9)12(16)17)25(23)14(20,21)13(8,18)19/h1-5,12H. The van der Waals surface area contributed by atoms with Gasteiger partial charge in [0.1, 0.15) is 28.1 Å². The van der Waals surface area contributed by atoms with Crippen molar-refractivity contribution in [1.29, 1.82) is 0 Å². The SMILES string of the molecule is O=S1c2c(ccc(Oc3cncc(F)c3)c2C(F)F)C(F)(F)C1(F)F. The predicted molar refractivity (Wildman–Crippen MR) is 70.9 cm³/mol. The Kier molecular flexibility index (Phi) is 4.01. The minimum atomic E-state index is -5.04. The third-order valence-electron chi connectivity index (χ3n) is 3.40. The molecule has 1 aromatic heterocycles. The normalized spacial score (nSPS) is 20.6. The molecular formula is C14H6F7NO2S. The lowest BCUT2D eigenvalue weighted by atomic mass is 10.0. The Morgan fingerprint density at radius 3 is 2.40 bits per heavy atom. The van der Waals surface area contributed by atoms with Gasteiger partial charge in [0.05, 0.1) is 22.9 Å². The summed E-state index contributed by atoms with van der Waals surface area (Å²) < 4.78 is 111. The van der Waals surface area contributed by atoms with Gasteiger partial charge in [-0.05, 0) is 12.1 Å². The fourth-order valence-corrected chi connectivity index (χ4v) is 3.69. The molecule has 25 heavy (non-hydrogen) atoms. The largest absolute Gasteiger partial charge is 0.455 e. The summed E-state index contributed by atoms with van der Waals surface area (Å²) in [5.74, 6) is -6.93. The minimum Gasteiger partial charge on any atom is -0.455 e. The maximum absolute atomic E-state index is 13.7. The van der Waals surface area contributed by atoms with E-state index in [0.717, 1.165) is 18.5 Å². The van der Waals surface area contributed by atoms with Crippen molar-refractivity contribution >= 4 is 10.8 Å². The van der Waals surface area contributed by atoms with Crippen molar-refractivity contribution in [2.75, 3.05) is 0 Å². The van der Waals surface area contributed by atoms with E-state index in [0.29, 0.717) is 12.1 Å². The van der Waals surface area contributed by atoms with E-state index in [9.17, 15) is 34.9 Å². The van der Waals surface area contributed by atoms with E-state index in [2.05, 4.69) is 4.98 Å². The first kappa shape index (κ1) is 17.6. The van der Waals surface area contributed by atoms with Crippen LogP contribution in [0, 0.1) is 5.82 Å². The molecule has 3 nitrogen and oxygen atoms in total. The third kappa shape index (κ3) is 2.57. The van der Waals surface area contributed by atoms with Crippen molar-refractivity contribution in [3.05, 3.63) is 47.5 Å². The molecule has 3 rings (SSSR count). The van der Waals surface area contributed by atoms with E-state index in [1.54, 1.807) is 0 Å². The molecule has 11 heteroatoms. The lowest BCUT2D eigenvalue weighted by Crippen LogP contribution is -2.35. The van der Waals surface area contributed by atoms with E-state index in [1.165, 1.54) is 0 Å². The van der Waals surface area contributed by atoms with Gasteiger partial charge in [0.25, 0.3) is 6.43 Å². The molecule has 0 bridgehead atoms. The highest BCUT2D eigenvalue weighted by molar-refractivity contribution is 7.86. The zero-order valence-electron chi connectivity index (χ0n) is 11.8. The Bertz CT molecular complexity index is 872. The van der Waals surface area contributed by atoms with Crippen LogP contribution in [0.4, 0.5) is 30.7 Å². The van der Waals surface area contributed by atoms with Crippen LogP contribution in [0.3, 0.4) is 0 Å². The van der Waals surface area contributed by atoms with Crippen molar-refractivity contribution < 1.29 is 39.7 Å². The van der Waals surface area contributed by atoms with E-state index < -0.39 is 56.0 Å². The van der Waals surface area contributed by atoms with Crippen LogP contribution in [-0.4, -0.2) is 14.4 Å². The Labute approximate surface area is 137 Å². The molecule has 1 aromatic carbocycles. The molecular weight excluding hydrogens is 379 g/mol. The second-order valence-corrected chi connectivity index (χ2v) is 6.41. The Balaban J connectivity index is 2.19. The fraction of sp³-hybridized carbons (Fsp3) is 0.214. The quantitative estimate of drug-likeness (QED) is 0.716. The van der Waals surface area contributed by atoms with E-state index in [4.69, 9.17) is 4.74 Å². The van der Waals surface area contributed by atoms with Crippen molar-refractivity contribution in [2.24, 2.45) is 0 Å². The summed E-state index contributed by atoms with van der Waals surface area (Å²) >= 11 is 0. The average Bonchev–Trinajstić information content (AvgIpc) is 2.65. The van der Waals surface area contributed by atoms with Crippen LogP contribution >= 0.6 is 0 Å². The van der Waals surface area contributed by atoms with Gasteiger partial charge in [-0.2, -0.15) is 17.6 Å². The van der Waals surface area contributed by atoms with Gasteiger partial charge in [-0.3, -0.25) is 4.98 Å². The number of hydrogen-bond donors (Lipinski definition) is 0. The monoisotopic (exact) mass is 385 g/mol. The predicted octanol–water partition coefficient (Wildman–Crippen LogP) is 4.76. The smallest absolute Gasteiger partial charge is 0.391 e. The third-order valence-corrected chi connectivity index (χ3v) is 4.94. The van der Waals surface area contributed by atoms with Crippen LogP contribution in [0.5, 0.6) is 11.5 Å². The van der Waals surface area contributed by atoms with Crippen molar-refractivity contribution in [2.45, 2.75) is 22.5 Å². The lowest BCUT2D eigenvalue weighted by molar-refractivity contribution is -0.156. The van der Waals surface area contributed by atoms with Gasteiger partial charge in [0.2, 0.25) is 0 Å². The highest BCUT2D eigenvalue weighted by atomic mass is 32.2. The molecule has 0 saturated carbocycles. The number of aromatic nitrogens is 1. The first-order chi connectivity index (χ1) is 11.6. The molecule has 1 atom stereocenters. The molecule has 1 aliphatic heterocycles. The Morgan fingerprint density at radius 1 is 1.12 bits per heavy atom. The molecule has 0 radical (unpaired) electrons. The molecule has 2 heterocycles. The molecule has 2 aromatic rings. The van der Waals surface area contributed by atoms with Crippen molar-refractivity contribution in [3.63, 3.8) is 0 Å². The minimum absolute atomic E-state index is 0.371. The number of fused-ring (bicyclic) bond motifs is 1. The van der Waals surface area contributed by atoms with Crippen LogP contribution < -0.4 is 4.74 Å². The molecule has 134 valence electrons. The van der Waals surface area contributed by atoms with Gasteiger partial charge in [-0.15, -0.1) is 0 Å². The number of halogens is 7. The molecule has 0 N–H and O–H groups in total. The number of pyridine rings is 1. The number of hydrogen-bond acceptors (Lipinski definition) is 3. The number of rotatable bonds is 3. The van der Waals surface area contributed by atoms with Crippen LogP contribution in [0.15, 0.2) is 35.5 Å². The van der Waals surface area contributed by atoms with Crippen LogP contribution in [-0.2, 0) is 16.7 Å². The Hall–Kier alpha value is -2.17. The number of benzene rings is 1. The van der Waals surface area contributed by atoms with Crippen molar-refractivity contribution in [1.82, 2.24) is 4.98 Å². The van der Waals surface area contributed by atoms with Gasteiger partial charge < -0.3 is 4.74 Å². The van der Waals surface area contributed by atoms with E-state index >= 15 is 0 Å². The van der Waals surface area contributed by atoms with Gasteiger partial charge in [0, 0.05) is 11.6 Å². The lowest BCUT2D eigenvalue weighted by Gasteiger charge is -2.17. The summed E-state index contributed by atoms with van der Waals surface area (Å²) in [4.78, 5) is 2.02. The zero-order chi connectivity index (χ0) is 18.6. The molecule has 0 amide bonds. The summed E-state index contributed by atoms with van der Waals surface area (Å²) in [5, 5.41) is -5.04. The second kappa shape index (κ2) is 5.68. The molecule has 1 unspecified atom stereocenters. The van der Waals surface area contributed by atoms with Crippen molar-refractivity contribution in [3.8, 4) is 11.5 Å².